The Labute approximate surface area is 193 Å². The van der Waals surface area contributed by atoms with Crippen LogP contribution in [0.25, 0.3) is 10.2 Å². The largest absolute Gasteiger partial charge is 0.379 e. The maximum atomic E-state index is 13.5. The van der Waals surface area contributed by atoms with Gasteiger partial charge in [-0.3, -0.25) is 19.3 Å². The van der Waals surface area contributed by atoms with Crippen LogP contribution >= 0.6 is 23.7 Å². The predicted molar refractivity (Wildman–Crippen MR) is 128 cm³/mol. The van der Waals surface area contributed by atoms with E-state index in [1.807, 2.05) is 41.9 Å². The van der Waals surface area contributed by atoms with Gasteiger partial charge >= 0.3 is 0 Å². The van der Waals surface area contributed by atoms with Gasteiger partial charge in [-0.05, 0) is 45.4 Å². The smallest absolute Gasteiger partial charge is 0.280 e. The second-order valence-electron chi connectivity index (χ2n) is 7.94. The Hall–Kier alpha value is -2.00. The van der Waals surface area contributed by atoms with E-state index >= 15 is 0 Å². The molecule has 31 heavy (non-hydrogen) atoms. The molecular formula is C22H30ClN5O2S. The average Bonchev–Trinajstić information content (AvgIpc) is 3.35. The number of para-hydroxylation sites is 1. The molecule has 0 unspecified atom stereocenters. The van der Waals surface area contributed by atoms with E-state index in [4.69, 9.17) is 9.72 Å². The fraction of sp³-hybridized carbons (Fsp3) is 0.500. The molecule has 1 saturated heterocycles. The highest BCUT2D eigenvalue weighted by Crippen LogP contribution is 2.30. The fourth-order valence-electron chi connectivity index (χ4n) is 3.79. The molecule has 3 aromatic rings. The highest BCUT2D eigenvalue weighted by molar-refractivity contribution is 7.22. The molecule has 1 amide bonds. The van der Waals surface area contributed by atoms with Crippen molar-refractivity contribution in [3.05, 3.63) is 41.7 Å². The van der Waals surface area contributed by atoms with Gasteiger partial charge in [-0.25, -0.2) is 4.98 Å². The second-order valence-corrected chi connectivity index (χ2v) is 8.95. The van der Waals surface area contributed by atoms with Crippen LogP contribution < -0.4 is 4.90 Å². The van der Waals surface area contributed by atoms with Gasteiger partial charge in [-0.15, -0.1) is 12.4 Å². The summed E-state index contributed by atoms with van der Waals surface area (Å²) in [5.41, 5.74) is 2.39. The molecule has 0 radical (unpaired) electrons. The number of carbonyl (C=O) groups is 1. The van der Waals surface area contributed by atoms with E-state index in [0.29, 0.717) is 12.2 Å². The van der Waals surface area contributed by atoms with Gasteiger partial charge in [0.05, 0.1) is 23.4 Å². The van der Waals surface area contributed by atoms with Crippen LogP contribution in [0.4, 0.5) is 5.13 Å². The second kappa shape index (κ2) is 10.5. The van der Waals surface area contributed by atoms with Gasteiger partial charge in [0.2, 0.25) is 0 Å². The summed E-state index contributed by atoms with van der Waals surface area (Å²) in [7, 11) is 0. The Kier molecular flexibility index (Phi) is 8.05. The van der Waals surface area contributed by atoms with Gasteiger partial charge in [0.1, 0.15) is 0 Å². The highest BCUT2D eigenvalue weighted by atomic mass is 35.5. The number of morpholine rings is 1. The molecule has 168 valence electrons. The number of halogens is 1. The molecule has 4 rings (SSSR count). The van der Waals surface area contributed by atoms with E-state index in [-0.39, 0.29) is 24.4 Å². The number of nitrogens with zero attached hydrogens (tertiary/aromatic N) is 5. The van der Waals surface area contributed by atoms with Crippen molar-refractivity contribution in [3.8, 4) is 0 Å². The first-order valence-corrected chi connectivity index (χ1v) is 11.4. The third-order valence-electron chi connectivity index (χ3n) is 5.35. The molecular weight excluding hydrogens is 434 g/mol. The van der Waals surface area contributed by atoms with Crippen molar-refractivity contribution in [2.45, 2.75) is 33.2 Å². The van der Waals surface area contributed by atoms with Gasteiger partial charge in [0.25, 0.3) is 5.91 Å². The standard InChI is InChI=1S/C22H29N5O2S.ClH/c1-16(2)27-17(3)15-19(24-27)21(28)26(10-6-9-25-11-13-29-14-12-25)22-23-18-7-4-5-8-20(18)30-22;/h4-5,7-8,15-16H,6,9-14H2,1-3H3;1H. The van der Waals surface area contributed by atoms with Crippen LogP contribution in [0.5, 0.6) is 0 Å². The van der Waals surface area contributed by atoms with Gasteiger partial charge in [-0.2, -0.15) is 5.10 Å². The van der Waals surface area contributed by atoms with E-state index in [0.717, 1.165) is 60.3 Å². The maximum Gasteiger partial charge on any atom is 0.280 e. The number of fused-ring (bicyclic) bond motifs is 1. The molecule has 1 aromatic carbocycles. The van der Waals surface area contributed by atoms with Crippen molar-refractivity contribution in [1.82, 2.24) is 19.7 Å². The summed E-state index contributed by atoms with van der Waals surface area (Å²) in [5, 5.41) is 5.32. The van der Waals surface area contributed by atoms with Crippen LogP contribution in [0.1, 0.15) is 42.5 Å². The number of aromatic nitrogens is 3. The van der Waals surface area contributed by atoms with Gasteiger partial charge in [-0.1, -0.05) is 23.5 Å². The Balaban J connectivity index is 0.00000272. The Morgan fingerprint density at radius 3 is 2.68 bits per heavy atom. The summed E-state index contributed by atoms with van der Waals surface area (Å²) in [6, 6.07) is 10.1. The first-order valence-electron chi connectivity index (χ1n) is 10.6. The lowest BCUT2D eigenvalue weighted by Gasteiger charge is -2.27. The number of hydrogen-bond acceptors (Lipinski definition) is 6. The fourth-order valence-corrected chi connectivity index (χ4v) is 4.78. The SMILES string of the molecule is Cc1cc(C(=O)N(CCCN2CCOCC2)c2nc3ccccc3s2)nn1C(C)C.Cl. The predicted octanol–water partition coefficient (Wildman–Crippen LogP) is 4.17. The minimum Gasteiger partial charge on any atom is -0.379 e. The molecule has 0 atom stereocenters. The topological polar surface area (TPSA) is 63.5 Å². The van der Waals surface area contributed by atoms with Crippen molar-refractivity contribution in [2.24, 2.45) is 0 Å². The average molecular weight is 464 g/mol. The van der Waals surface area contributed by atoms with Crippen LogP contribution in [-0.4, -0.2) is 65.0 Å². The highest BCUT2D eigenvalue weighted by Gasteiger charge is 2.24. The molecule has 1 aliphatic heterocycles. The Morgan fingerprint density at radius 2 is 2.00 bits per heavy atom. The third kappa shape index (κ3) is 5.44. The van der Waals surface area contributed by atoms with Crippen LogP contribution in [0.2, 0.25) is 0 Å². The monoisotopic (exact) mass is 463 g/mol. The van der Waals surface area contributed by atoms with E-state index in [9.17, 15) is 4.79 Å². The van der Waals surface area contributed by atoms with Crippen LogP contribution in [-0.2, 0) is 4.74 Å². The lowest BCUT2D eigenvalue weighted by Crippen LogP contribution is -2.39. The lowest BCUT2D eigenvalue weighted by molar-refractivity contribution is 0.0376. The normalized spacial score (nSPS) is 14.7. The molecule has 0 saturated carbocycles. The van der Waals surface area contributed by atoms with Crippen LogP contribution in [0, 0.1) is 6.92 Å². The summed E-state index contributed by atoms with van der Waals surface area (Å²) in [6.07, 6.45) is 0.880. The van der Waals surface area contributed by atoms with Gasteiger partial charge in [0.15, 0.2) is 10.8 Å². The number of hydrogen-bond donors (Lipinski definition) is 0. The number of anilines is 1. The molecule has 0 bridgehead atoms. The number of thiazole rings is 1. The summed E-state index contributed by atoms with van der Waals surface area (Å²) in [5.74, 6) is -0.0847. The third-order valence-corrected chi connectivity index (χ3v) is 6.41. The van der Waals surface area contributed by atoms with Gasteiger partial charge in [0, 0.05) is 37.9 Å². The molecule has 1 fully saturated rings. The van der Waals surface area contributed by atoms with Crippen molar-refractivity contribution in [1.29, 1.82) is 0 Å². The minimum absolute atomic E-state index is 0. The van der Waals surface area contributed by atoms with E-state index in [2.05, 4.69) is 23.8 Å². The molecule has 1 aliphatic rings. The summed E-state index contributed by atoms with van der Waals surface area (Å²) < 4.78 is 8.42. The first-order chi connectivity index (χ1) is 14.5. The molecule has 3 heterocycles. The molecule has 0 spiro atoms. The molecule has 2 aromatic heterocycles. The summed E-state index contributed by atoms with van der Waals surface area (Å²) in [6.45, 7) is 11.2. The number of benzene rings is 1. The van der Waals surface area contributed by atoms with E-state index < -0.39 is 0 Å². The van der Waals surface area contributed by atoms with E-state index in [1.54, 1.807) is 16.2 Å². The first kappa shape index (κ1) is 23.7. The maximum absolute atomic E-state index is 13.5. The van der Waals surface area contributed by atoms with Crippen LogP contribution in [0.15, 0.2) is 30.3 Å². The van der Waals surface area contributed by atoms with Crippen molar-refractivity contribution < 1.29 is 9.53 Å². The molecule has 0 N–H and O–H groups in total. The van der Waals surface area contributed by atoms with Crippen molar-refractivity contribution in [2.75, 3.05) is 44.3 Å². The number of ether oxygens (including phenoxy) is 1. The lowest BCUT2D eigenvalue weighted by atomic mass is 10.3. The van der Waals surface area contributed by atoms with Crippen molar-refractivity contribution >= 4 is 45.0 Å². The number of rotatable bonds is 7. The summed E-state index contributed by atoms with van der Waals surface area (Å²) in [4.78, 5) is 22.4. The van der Waals surface area contributed by atoms with Crippen LogP contribution in [0.3, 0.4) is 0 Å². The Bertz CT molecular complexity index is 979. The van der Waals surface area contributed by atoms with E-state index in [1.165, 1.54) is 0 Å². The Morgan fingerprint density at radius 1 is 1.26 bits per heavy atom. The number of aryl methyl sites for hydroxylation is 1. The molecule has 9 heteroatoms. The zero-order valence-electron chi connectivity index (χ0n) is 18.3. The van der Waals surface area contributed by atoms with Crippen molar-refractivity contribution in [3.63, 3.8) is 0 Å². The quantitative estimate of drug-likeness (QED) is 0.526. The zero-order chi connectivity index (χ0) is 21.1. The zero-order valence-corrected chi connectivity index (χ0v) is 19.9. The molecule has 0 aliphatic carbocycles. The van der Waals surface area contributed by atoms with Gasteiger partial charge < -0.3 is 4.74 Å². The summed E-state index contributed by atoms with van der Waals surface area (Å²) >= 11 is 1.56. The molecule has 7 nitrogen and oxygen atoms in total. The number of amides is 1. The minimum atomic E-state index is -0.0847. The number of carbonyl (C=O) groups excluding carboxylic acids is 1.